The number of halogens is 2. The van der Waals surface area contributed by atoms with Gasteiger partial charge >= 0.3 is 0 Å². The van der Waals surface area contributed by atoms with Crippen molar-refractivity contribution in [2.45, 2.75) is 26.3 Å². The summed E-state index contributed by atoms with van der Waals surface area (Å²) in [7, 11) is 0. The van der Waals surface area contributed by atoms with Crippen LogP contribution in [-0.2, 0) is 16.0 Å². The number of aromatic nitrogens is 1. The average molecular weight is 448 g/mol. The van der Waals surface area contributed by atoms with Crippen LogP contribution >= 0.6 is 34.5 Å². The Bertz CT molecular complexity index is 1010. The van der Waals surface area contributed by atoms with Crippen LogP contribution in [-0.4, -0.2) is 16.8 Å². The Morgan fingerprint density at radius 2 is 1.76 bits per heavy atom. The molecule has 2 N–H and O–H groups in total. The van der Waals surface area contributed by atoms with Gasteiger partial charge in [0, 0.05) is 27.9 Å². The molecule has 0 bridgehead atoms. The van der Waals surface area contributed by atoms with Crippen LogP contribution in [0.2, 0.25) is 10.0 Å². The molecule has 0 aliphatic heterocycles. The quantitative estimate of drug-likeness (QED) is 0.524. The monoisotopic (exact) mass is 447 g/mol. The van der Waals surface area contributed by atoms with E-state index in [2.05, 4.69) is 15.6 Å². The molecule has 3 rings (SSSR count). The lowest BCUT2D eigenvalue weighted by molar-refractivity contribution is -0.119. The molecule has 0 saturated heterocycles. The Morgan fingerprint density at radius 3 is 2.38 bits per heavy atom. The first-order valence-corrected chi connectivity index (χ1v) is 10.5. The third-order valence-electron chi connectivity index (χ3n) is 4.28. The van der Waals surface area contributed by atoms with E-state index in [0.717, 1.165) is 16.8 Å². The van der Waals surface area contributed by atoms with Gasteiger partial charge in [0.15, 0.2) is 5.13 Å². The highest BCUT2D eigenvalue weighted by molar-refractivity contribution is 7.14. The van der Waals surface area contributed by atoms with Crippen molar-refractivity contribution in [3.63, 3.8) is 0 Å². The van der Waals surface area contributed by atoms with E-state index in [1.807, 2.05) is 36.6 Å². The van der Waals surface area contributed by atoms with E-state index >= 15 is 0 Å². The van der Waals surface area contributed by atoms with Gasteiger partial charge in [0.2, 0.25) is 11.8 Å². The summed E-state index contributed by atoms with van der Waals surface area (Å²) < 4.78 is 0. The van der Waals surface area contributed by atoms with Gasteiger partial charge in [-0.2, -0.15) is 0 Å². The molecular weight excluding hydrogens is 429 g/mol. The Labute approximate surface area is 183 Å². The maximum absolute atomic E-state index is 12.3. The number of nitrogens with zero attached hydrogens (tertiary/aromatic N) is 1. The number of hydrogen-bond donors (Lipinski definition) is 2. The van der Waals surface area contributed by atoms with Crippen LogP contribution in [0.3, 0.4) is 0 Å². The summed E-state index contributed by atoms with van der Waals surface area (Å²) in [4.78, 5) is 28.0. The molecule has 8 heteroatoms. The highest BCUT2D eigenvalue weighted by Crippen LogP contribution is 2.28. The van der Waals surface area contributed by atoms with Gasteiger partial charge in [-0.1, -0.05) is 53.5 Å². The van der Waals surface area contributed by atoms with E-state index in [4.69, 9.17) is 23.2 Å². The van der Waals surface area contributed by atoms with Gasteiger partial charge in [0.25, 0.3) is 0 Å². The zero-order chi connectivity index (χ0) is 21.0. The van der Waals surface area contributed by atoms with Crippen LogP contribution in [0.5, 0.6) is 0 Å². The van der Waals surface area contributed by atoms with Crippen LogP contribution in [0.4, 0.5) is 5.13 Å². The van der Waals surface area contributed by atoms with Crippen molar-refractivity contribution in [2.24, 2.45) is 0 Å². The molecule has 0 saturated carbocycles. The molecule has 29 heavy (non-hydrogen) atoms. The average Bonchev–Trinajstić information content (AvgIpc) is 3.13. The van der Waals surface area contributed by atoms with Crippen LogP contribution in [0, 0.1) is 0 Å². The Balaban J connectivity index is 1.66. The van der Waals surface area contributed by atoms with Crippen molar-refractivity contribution in [1.82, 2.24) is 10.3 Å². The summed E-state index contributed by atoms with van der Waals surface area (Å²) in [6, 6.07) is 12.9. The minimum atomic E-state index is -0.236. The summed E-state index contributed by atoms with van der Waals surface area (Å²) in [5, 5.41) is 8.94. The van der Waals surface area contributed by atoms with E-state index in [1.54, 1.807) is 18.2 Å². The van der Waals surface area contributed by atoms with E-state index in [1.165, 1.54) is 18.3 Å². The zero-order valence-corrected chi connectivity index (χ0v) is 18.2. The molecule has 0 aliphatic carbocycles. The molecule has 5 nitrogen and oxygen atoms in total. The van der Waals surface area contributed by atoms with Crippen molar-refractivity contribution in [1.29, 1.82) is 0 Å². The summed E-state index contributed by atoms with van der Waals surface area (Å²) in [5.41, 5.74) is 3.28. The van der Waals surface area contributed by atoms with Crippen molar-refractivity contribution < 1.29 is 9.59 Å². The minimum Gasteiger partial charge on any atom is -0.350 e. The normalized spacial score (nSPS) is 11.7. The van der Waals surface area contributed by atoms with E-state index in [0.29, 0.717) is 20.7 Å². The molecule has 2 amide bonds. The number of nitrogens with one attached hydrogen (secondary N) is 2. The molecule has 0 fully saturated rings. The Morgan fingerprint density at radius 1 is 1.10 bits per heavy atom. The lowest BCUT2D eigenvalue weighted by Gasteiger charge is -2.13. The van der Waals surface area contributed by atoms with Gasteiger partial charge in [0.05, 0.1) is 18.2 Å². The highest BCUT2D eigenvalue weighted by atomic mass is 35.5. The second kappa shape index (κ2) is 9.39. The van der Waals surface area contributed by atoms with Gasteiger partial charge in [0.1, 0.15) is 0 Å². The van der Waals surface area contributed by atoms with Crippen molar-refractivity contribution >= 4 is 51.5 Å². The van der Waals surface area contributed by atoms with Crippen LogP contribution in [0.25, 0.3) is 11.3 Å². The number of carbonyl (C=O) groups excluding carboxylic acids is 2. The topological polar surface area (TPSA) is 71.1 Å². The first-order valence-electron chi connectivity index (χ1n) is 8.89. The SMILES string of the molecule is CC(=O)NC(C)c1ccc(-c2csc(NC(=O)Cc3c(Cl)cccc3Cl)n2)cc1. The first-order chi connectivity index (χ1) is 13.8. The molecule has 0 aliphatic rings. The highest BCUT2D eigenvalue weighted by Gasteiger charge is 2.13. The molecule has 3 aromatic rings. The lowest BCUT2D eigenvalue weighted by atomic mass is 10.1. The number of rotatable bonds is 6. The van der Waals surface area contributed by atoms with E-state index in [-0.39, 0.29) is 24.3 Å². The van der Waals surface area contributed by atoms with Gasteiger partial charge in [-0.25, -0.2) is 4.98 Å². The van der Waals surface area contributed by atoms with Crippen LogP contribution in [0.1, 0.15) is 31.0 Å². The molecule has 150 valence electrons. The summed E-state index contributed by atoms with van der Waals surface area (Å²) in [6.07, 6.45) is 0.0726. The summed E-state index contributed by atoms with van der Waals surface area (Å²) in [6.45, 7) is 3.42. The molecular formula is C21H19Cl2N3O2S. The molecule has 1 heterocycles. The van der Waals surface area contributed by atoms with Crippen LogP contribution < -0.4 is 10.6 Å². The fourth-order valence-corrected chi connectivity index (χ4v) is 4.09. The summed E-state index contributed by atoms with van der Waals surface area (Å²) in [5.74, 6) is -0.306. The number of carbonyl (C=O) groups is 2. The van der Waals surface area contributed by atoms with Gasteiger partial charge in [-0.15, -0.1) is 11.3 Å². The Kier molecular flexibility index (Phi) is 6.90. The van der Waals surface area contributed by atoms with Gasteiger partial charge in [-0.3, -0.25) is 9.59 Å². The fraction of sp³-hybridized carbons (Fsp3) is 0.190. The number of anilines is 1. The third-order valence-corrected chi connectivity index (χ3v) is 5.74. The van der Waals surface area contributed by atoms with E-state index < -0.39 is 0 Å². The van der Waals surface area contributed by atoms with Crippen molar-refractivity contribution in [2.75, 3.05) is 5.32 Å². The molecule has 1 atom stereocenters. The van der Waals surface area contributed by atoms with E-state index in [9.17, 15) is 9.59 Å². The fourth-order valence-electron chi connectivity index (χ4n) is 2.82. The standard InChI is InChI=1S/C21H19Cl2N3O2S/c1-12(24-13(2)27)14-6-8-15(9-7-14)19-11-29-21(25-19)26-20(28)10-16-17(22)4-3-5-18(16)23/h3-9,11-12H,10H2,1-2H3,(H,24,27)(H,25,26,28). The number of benzene rings is 2. The van der Waals surface area contributed by atoms with Crippen molar-refractivity contribution in [3.8, 4) is 11.3 Å². The second-order valence-corrected chi connectivity index (χ2v) is 8.18. The number of thiazole rings is 1. The Hall–Kier alpha value is -2.41. The first kappa shape index (κ1) is 21.3. The van der Waals surface area contributed by atoms with Crippen molar-refractivity contribution in [3.05, 3.63) is 69.0 Å². The second-order valence-electron chi connectivity index (χ2n) is 6.51. The number of hydrogen-bond acceptors (Lipinski definition) is 4. The lowest BCUT2D eigenvalue weighted by Crippen LogP contribution is -2.23. The predicted octanol–water partition coefficient (Wildman–Crippen LogP) is 5.50. The predicted molar refractivity (Wildman–Crippen MR) is 119 cm³/mol. The smallest absolute Gasteiger partial charge is 0.230 e. The third kappa shape index (κ3) is 5.56. The van der Waals surface area contributed by atoms with Crippen LogP contribution in [0.15, 0.2) is 47.8 Å². The maximum atomic E-state index is 12.3. The molecule has 0 radical (unpaired) electrons. The minimum absolute atomic E-state index is 0.0662. The summed E-state index contributed by atoms with van der Waals surface area (Å²) >= 11 is 13.6. The molecule has 1 aromatic heterocycles. The largest absolute Gasteiger partial charge is 0.350 e. The molecule has 2 aromatic carbocycles. The number of amides is 2. The molecule has 0 spiro atoms. The van der Waals surface area contributed by atoms with Gasteiger partial charge < -0.3 is 10.6 Å². The zero-order valence-electron chi connectivity index (χ0n) is 15.8. The maximum Gasteiger partial charge on any atom is 0.230 e. The molecule has 1 unspecified atom stereocenters. The van der Waals surface area contributed by atoms with Gasteiger partial charge in [-0.05, 0) is 30.2 Å².